The summed E-state index contributed by atoms with van der Waals surface area (Å²) in [4.78, 5) is 0. The molecule has 0 amide bonds. The van der Waals surface area contributed by atoms with Crippen molar-refractivity contribution in [3.05, 3.63) is 49.8 Å². The molecule has 4 heteroatoms. The van der Waals surface area contributed by atoms with Gasteiger partial charge < -0.3 is 0 Å². The highest BCUT2D eigenvalue weighted by atomic mass is 127. The van der Waals surface area contributed by atoms with Crippen molar-refractivity contribution in [3.8, 4) is 0 Å². The lowest BCUT2D eigenvalue weighted by Crippen LogP contribution is -2.06. The lowest BCUT2D eigenvalue weighted by Gasteiger charge is -2.06. The Hall–Kier alpha value is -0.550. The van der Waals surface area contributed by atoms with E-state index in [4.69, 9.17) is 16.7 Å². The predicted molar refractivity (Wildman–Crippen MR) is 84.3 cm³/mol. The molecule has 1 heterocycles. The zero-order chi connectivity index (χ0) is 13.1. The molecular formula is C14H16ClIN2. The van der Waals surface area contributed by atoms with Gasteiger partial charge in [0.15, 0.2) is 0 Å². The van der Waals surface area contributed by atoms with Crippen LogP contribution in [0.5, 0.6) is 0 Å². The molecule has 0 N–H and O–H groups in total. The molecule has 0 aliphatic rings. The van der Waals surface area contributed by atoms with Gasteiger partial charge in [-0.1, -0.05) is 37.6 Å². The maximum absolute atomic E-state index is 5.90. The molecule has 0 fully saturated rings. The summed E-state index contributed by atoms with van der Waals surface area (Å²) in [6, 6.07) is 7.97. The molecule has 1 aromatic carbocycles. The van der Waals surface area contributed by atoms with Gasteiger partial charge >= 0.3 is 0 Å². The largest absolute Gasteiger partial charge is 0.264 e. The third-order valence-electron chi connectivity index (χ3n) is 2.98. The molecule has 18 heavy (non-hydrogen) atoms. The Kier molecular flexibility index (Phi) is 4.67. The van der Waals surface area contributed by atoms with Gasteiger partial charge in [-0.25, -0.2) is 0 Å². The van der Waals surface area contributed by atoms with Crippen molar-refractivity contribution in [2.24, 2.45) is 0 Å². The van der Waals surface area contributed by atoms with Crippen molar-refractivity contribution in [2.75, 3.05) is 0 Å². The SMILES string of the molecule is CCc1nn(Cc2ccc(Cl)cc2)c(CC)c1I. The first kappa shape index (κ1) is 13.9. The minimum atomic E-state index is 0.777. The van der Waals surface area contributed by atoms with Crippen LogP contribution in [0.3, 0.4) is 0 Å². The van der Waals surface area contributed by atoms with E-state index >= 15 is 0 Å². The number of hydrogen-bond acceptors (Lipinski definition) is 1. The number of nitrogens with zero attached hydrogens (tertiary/aromatic N) is 2. The van der Waals surface area contributed by atoms with E-state index in [0.29, 0.717) is 0 Å². The van der Waals surface area contributed by atoms with Crippen LogP contribution in [0.4, 0.5) is 0 Å². The van der Waals surface area contributed by atoms with Gasteiger partial charge in [-0.2, -0.15) is 5.10 Å². The maximum atomic E-state index is 5.90. The highest BCUT2D eigenvalue weighted by molar-refractivity contribution is 14.1. The van der Waals surface area contributed by atoms with Gasteiger partial charge in [-0.05, 0) is 53.1 Å². The zero-order valence-electron chi connectivity index (χ0n) is 10.6. The van der Waals surface area contributed by atoms with Crippen molar-refractivity contribution >= 4 is 34.2 Å². The minimum Gasteiger partial charge on any atom is -0.264 e. The molecule has 2 rings (SSSR count). The second-order valence-corrected chi connectivity index (χ2v) is 5.71. The molecule has 0 unspecified atom stereocenters. The summed E-state index contributed by atoms with van der Waals surface area (Å²) in [5, 5.41) is 5.47. The monoisotopic (exact) mass is 374 g/mol. The number of aryl methyl sites for hydroxylation is 1. The third kappa shape index (κ3) is 2.88. The van der Waals surface area contributed by atoms with Crippen LogP contribution in [0.2, 0.25) is 5.02 Å². The molecule has 0 saturated heterocycles. The number of rotatable bonds is 4. The van der Waals surface area contributed by atoms with Crippen LogP contribution >= 0.6 is 34.2 Å². The second kappa shape index (κ2) is 6.06. The molecule has 0 bridgehead atoms. The number of benzene rings is 1. The summed E-state index contributed by atoms with van der Waals surface area (Å²) < 4.78 is 3.43. The molecule has 0 aliphatic heterocycles. The number of aromatic nitrogens is 2. The van der Waals surface area contributed by atoms with Crippen molar-refractivity contribution < 1.29 is 0 Å². The molecule has 2 aromatic rings. The van der Waals surface area contributed by atoms with E-state index in [1.54, 1.807) is 0 Å². The van der Waals surface area contributed by atoms with Gasteiger partial charge in [0.2, 0.25) is 0 Å². The molecule has 0 radical (unpaired) electrons. The van der Waals surface area contributed by atoms with Gasteiger partial charge in [-0.3, -0.25) is 4.68 Å². The molecule has 0 aliphatic carbocycles. The fourth-order valence-corrected chi connectivity index (χ4v) is 3.26. The molecule has 0 atom stereocenters. The molecule has 0 spiro atoms. The van der Waals surface area contributed by atoms with Crippen LogP contribution in [0.25, 0.3) is 0 Å². The Bertz CT molecular complexity index is 531. The van der Waals surface area contributed by atoms with E-state index in [1.807, 2.05) is 12.1 Å². The zero-order valence-corrected chi connectivity index (χ0v) is 13.5. The van der Waals surface area contributed by atoms with Crippen LogP contribution in [0, 0.1) is 3.57 Å². The molecule has 96 valence electrons. The molecule has 1 aromatic heterocycles. The van der Waals surface area contributed by atoms with E-state index in [2.05, 4.69) is 53.3 Å². The van der Waals surface area contributed by atoms with Crippen molar-refractivity contribution in [1.29, 1.82) is 0 Å². The Morgan fingerprint density at radius 2 is 1.83 bits per heavy atom. The number of hydrogen-bond donors (Lipinski definition) is 0. The van der Waals surface area contributed by atoms with E-state index in [1.165, 1.54) is 20.5 Å². The topological polar surface area (TPSA) is 17.8 Å². The molecular weight excluding hydrogens is 359 g/mol. The average Bonchev–Trinajstić information content (AvgIpc) is 2.68. The minimum absolute atomic E-state index is 0.777. The van der Waals surface area contributed by atoms with E-state index in [-0.39, 0.29) is 0 Å². The lowest BCUT2D eigenvalue weighted by molar-refractivity contribution is 0.640. The quantitative estimate of drug-likeness (QED) is 0.729. The van der Waals surface area contributed by atoms with Gasteiger partial charge in [-0.15, -0.1) is 0 Å². The normalized spacial score (nSPS) is 10.9. The van der Waals surface area contributed by atoms with Gasteiger partial charge in [0.05, 0.1) is 21.5 Å². The van der Waals surface area contributed by atoms with Crippen LogP contribution in [-0.4, -0.2) is 9.78 Å². The summed E-state index contributed by atoms with van der Waals surface area (Å²) >= 11 is 8.31. The summed E-state index contributed by atoms with van der Waals surface area (Å²) in [7, 11) is 0. The van der Waals surface area contributed by atoms with Gasteiger partial charge in [0.1, 0.15) is 0 Å². The van der Waals surface area contributed by atoms with Crippen molar-refractivity contribution in [3.63, 3.8) is 0 Å². The maximum Gasteiger partial charge on any atom is 0.0758 e. The average molecular weight is 375 g/mol. The first-order valence-corrected chi connectivity index (χ1v) is 7.59. The highest BCUT2D eigenvalue weighted by Crippen LogP contribution is 2.20. The Labute approximate surface area is 126 Å². The lowest BCUT2D eigenvalue weighted by atomic mass is 10.2. The van der Waals surface area contributed by atoms with Crippen molar-refractivity contribution in [2.45, 2.75) is 33.2 Å². The fraction of sp³-hybridized carbons (Fsp3) is 0.357. The van der Waals surface area contributed by atoms with E-state index in [0.717, 1.165) is 24.4 Å². The van der Waals surface area contributed by atoms with Gasteiger partial charge in [0.25, 0.3) is 0 Å². The van der Waals surface area contributed by atoms with Crippen LogP contribution in [-0.2, 0) is 19.4 Å². The Balaban J connectivity index is 2.31. The standard InChI is InChI=1S/C14H16ClIN2/c1-3-12-14(16)13(4-2)18(17-12)9-10-5-7-11(15)8-6-10/h5-8H,3-4,9H2,1-2H3. The summed E-state index contributed by atoms with van der Waals surface area (Å²) in [6.07, 6.45) is 2.00. The highest BCUT2D eigenvalue weighted by Gasteiger charge is 2.12. The van der Waals surface area contributed by atoms with E-state index in [9.17, 15) is 0 Å². The Morgan fingerprint density at radius 1 is 1.17 bits per heavy atom. The van der Waals surface area contributed by atoms with Crippen LogP contribution < -0.4 is 0 Å². The fourth-order valence-electron chi connectivity index (χ4n) is 1.99. The van der Waals surface area contributed by atoms with Crippen molar-refractivity contribution in [1.82, 2.24) is 9.78 Å². The first-order valence-electron chi connectivity index (χ1n) is 6.14. The summed E-state index contributed by atoms with van der Waals surface area (Å²) in [5.74, 6) is 0. The Morgan fingerprint density at radius 3 is 2.39 bits per heavy atom. The third-order valence-corrected chi connectivity index (χ3v) is 4.47. The van der Waals surface area contributed by atoms with E-state index < -0.39 is 0 Å². The predicted octanol–water partition coefficient (Wildman–Crippen LogP) is 4.31. The molecule has 0 saturated carbocycles. The second-order valence-electron chi connectivity index (χ2n) is 4.20. The van der Waals surface area contributed by atoms with Crippen LogP contribution in [0.15, 0.2) is 24.3 Å². The summed E-state index contributed by atoms with van der Waals surface area (Å²) in [6.45, 7) is 5.14. The van der Waals surface area contributed by atoms with Gasteiger partial charge in [0, 0.05) is 5.02 Å². The number of halogens is 2. The summed E-state index contributed by atoms with van der Waals surface area (Å²) in [5.41, 5.74) is 3.75. The first-order chi connectivity index (χ1) is 8.65. The van der Waals surface area contributed by atoms with Crippen LogP contribution in [0.1, 0.15) is 30.8 Å². The smallest absolute Gasteiger partial charge is 0.0758 e. The molecule has 2 nitrogen and oxygen atoms in total.